The zero-order valence-electron chi connectivity index (χ0n) is 17.0. The minimum Gasteiger partial charge on any atom is -0.339 e. The number of carbonyl (C=O) groups is 1. The van der Waals surface area contributed by atoms with E-state index in [-0.39, 0.29) is 11.7 Å². The Kier molecular flexibility index (Phi) is 6.04. The van der Waals surface area contributed by atoms with Gasteiger partial charge >= 0.3 is 0 Å². The van der Waals surface area contributed by atoms with Crippen molar-refractivity contribution >= 4 is 17.4 Å². The number of benzene rings is 1. The minimum atomic E-state index is -0.343. The highest BCUT2D eigenvalue weighted by molar-refractivity contribution is 5.99. The second-order valence-corrected chi connectivity index (χ2v) is 7.48. The summed E-state index contributed by atoms with van der Waals surface area (Å²) in [5.74, 6) is 0.0276. The average Bonchev–Trinajstić information content (AvgIpc) is 3.00. The van der Waals surface area contributed by atoms with Gasteiger partial charge in [-0.1, -0.05) is 6.07 Å². The second-order valence-electron chi connectivity index (χ2n) is 7.48. The molecule has 4 rings (SSSR count). The molecule has 0 unspecified atom stereocenters. The van der Waals surface area contributed by atoms with E-state index in [0.717, 1.165) is 26.1 Å². The maximum absolute atomic E-state index is 13.5. The molecule has 1 aromatic carbocycles. The zero-order valence-corrected chi connectivity index (χ0v) is 17.0. The van der Waals surface area contributed by atoms with E-state index in [0.29, 0.717) is 30.2 Å². The van der Waals surface area contributed by atoms with Crippen molar-refractivity contribution < 1.29 is 9.18 Å². The monoisotopic (exact) mass is 408 g/mol. The smallest absolute Gasteiger partial charge is 0.257 e. The van der Waals surface area contributed by atoms with Crippen molar-refractivity contribution in [1.82, 2.24) is 24.6 Å². The first-order valence-corrected chi connectivity index (χ1v) is 10.1. The van der Waals surface area contributed by atoms with Gasteiger partial charge in [-0.05, 0) is 36.8 Å². The van der Waals surface area contributed by atoms with Gasteiger partial charge in [-0.15, -0.1) is 0 Å². The summed E-state index contributed by atoms with van der Waals surface area (Å²) in [6.45, 7) is 3.90. The van der Waals surface area contributed by atoms with Gasteiger partial charge in [-0.3, -0.25) is 14.4 Å². The van der Waals surface area contributed by atoms with Crippen LogP contribution in [0.2, 0.25) is 0 Å². The number of amides is 1. The molecule has 1 aliphatic rings. The second kappa shape index (κ2) is 9.04. The molecule has 30 heavy (non-hydrogen) atoms. The standard InChI is InChI=1S/C22H25FN6O/c1-27-15-17(14-25-27)16-28-9-4-10-29(12-11-28)22(30)20-7-3-8-24-21(20)26-19-6-2-5-18(23)13-19/h2-3,5-8,13-15H,4,9-12,16H2,1H3,(H,24,26). The summed E-state index contributed by atoms with van der Waals surface area (Å²) < 4.78 is 15.3. The first-order chi connectivity index (χ1) is 14.6. The zero-order chi connectivity index (χ0) is 20.9. The molecule has 156 valence electrons. The van der Waals surface area contributed by atoms with Crippen LogP contribution in [0.15, 0.2) is 55.0 Å². The highest BCUT2D eigenvalue weighted by Gasteiger charge is 2.23. The molecule has 0 atom stereocenters. The lowest BCUT2D eigenvalue weighted by atomic mass is 10.2. The lowest BCUT2D eigenvalue weighted by Crippen LogP contribution is -2.35. The molecule has 0 spiro atoms. The van der Waals surface area contributed by atoms with Gasteiger partial charge in [-0.25, -0.2) is 9.37 Å². The number of anilines is 2. The van der Waals surface area contributed by atoms with E-state index in [9.17, 15) is 9.18 Å². The van der Waals surface area contributed by atoms with Crippen molar-refractivity contribution in [3.05, 3.63) is 71.9 Å². The number of carbonyl (C=O) groups excluding carboxylic acids is 1. The van der Waals surface area contributed by atoms with Gasteiger partial charge in [0.05, 0.1) is 11.8 Å². The first kappa shape index (κ1) is 20.0. The molecule has 3 aromatic rings. The quantitative estimate of drug-likeness (QED) is 0.703. The van der Waals surface area contributed by atoms with Crippen LogP contribution in [-0.4, -0.2) is 56.7 Å². The molecule has 1 aliphatic heterocycles. The number of halogens is 1. The molecule has 3 heterocycles. The van der Waals surface area contributed by atoms with Crippen molar-refractivity contribution in [2.45, 2.75) is 13.0 Å². The van der Waals surface area contributed by atoms with Crippen LogP contribution in [0, 0.1) is 5.82 Å². The number of hydrogen-bond donors (Lipinski definition) is 1. The van der Waals surface area contributed by atoms with E-state index in [1.807, 2.05) is 24.3 Å². The Morgan fingerprint density at radius 2 is 2.07 bits per heavy atom. The summed E-state index contributed by atoms with van der Waals surface area (Å²) in [7, 11) is 1.91. The predicted octanol–water partition coefficient (Wildman–Crippen LogP) is 3.05. The predicted molar refractivity (Wildman–Crippen MR) is 113 cm³/mol. The van der Waals surface area contributed by atoms with E-state index in [4.69, 9.17) is 0 Å². The van der Waals surface area contributed by atoms with Crippen LogP contribution < -0.4 is 5.32 Å². The van der Waals surface area contributed by atoms with Crippen LogP contribution in [-0.2, 0) is 13.6 Å². The SMILES string of the molecule is Cn1cc(CN2CCCN(C(=O)c3cccnc3Nc3cccc(F)c3)CC2)cn1. The topological polar surface area (TPSA) is 66.3 Å². The van der Waals surface area contributed by atoms with Gasteiger partial charge in [0.25, 0.3) is 5.91 Å². The van der Waals surface area contributed by atoms with Crippen LogP contribution >= 0.6 is 0 Å². The van der Waals surface area contributed by atoms with E-state index in [1.165, 1.54) is 17.7 Å². The van der Waals surface area contributed by atoms with E-state index >= 15 is 0 Å². The highest BCUT2D eigenvalue weighted by atomic mass is 19.1. The average molecular weight is 408 g/mol. The Hall–Kier alpha value is -3.26. The summed E-state index contributed by atoms with van der Waals surface area (Å²) in [5.41, 5.74) is 2.22. The summed E-state index contributed by atoms with van der Waals surface area (Å²) >= 11 is 0. The molecule has 1 saturated heterocycles. The van der Waals surface area contributed by atoms with Crippen molar-refractivity contribution in [2.75, 3.05) is 31.5 Å². The number of aryl methyl sites for hydroxylation is 1. The van der Waals surface area contributed by atoms with Gasteiger partial charge in [-0.2, -0.15) is 5.10 Å². The molecule has 0 radical (unpaired) electrons. The number of nitrogens with zero attached hydrogens (tertiary/aromatic N) is 5. The summed E-state index contributed by atoms with van der Waals surface area (Å²) in [4.78, 5) is 21.8. The third-order valence-corrected chi connectivity index (χ3v) is 5.17. The number of aromatic nitrogens is 3. The fourth-order valence-electron chi connectivity index (χ4n) is 3.69. The summed E-state index contributed by atoms with van der Waals surface area (Å²) in [6.07, 6.45) is 6.43. The van der Waals surface area contributed by atoms with Crippen molar-refractivity contribution in [3.8, 4) is 0 Å². The number of rotatable bonds is 5. The Balaban J connectivity index is 1.44. The fourth-order valence-corrected chi connectivity index (χ4v) is 3.69. The van der Waals surface area contributed by atoms with E-state index in [1.54, 1.807) is 35.1 Å². The highest BCUT2D eigenvalue weighted by Crippen LogP contribution is 2.21. The van der Waals surface area contributed by atoms with Crippen LogP contribution in [0.25, 0.3) is 0 Å². The molecule has 0 saturated carbocycles. The van der Waals surface area contributed by atoms with Crippen LogP contribution in [0.5, 0.6) is 0 Å². The van der Waals surface area contributed by atoms with Crippen LogP contribution in [0.1, 0.15) is 22.3 Å². The maximum atomic E-state index is 13.5. The van der Waals surface area contributed by atoms with Gasteiger partial charge in [0.2, 0.25) is 0 Å². The van der Waals surface area contributed by atoms with Crippen molar-refractivity contribution in [3.63, 3.8) is 0 Å². The molecule has 0 bridgehead atoms. The molecule has 1 fully saturated rings. The van der Waals surface area contributed by atoms with E-state index in [2.05, 4.69) is 20.3 Å². The Morgan fingerprint density at radius 1 is 1.17 bits per heavy atom. The number of nitrogens with one attached hydrogen (secondary N) is 1. The van der Waals surface area contributed by atoms with Crippen molar-refractivity contribution in [1.29, 1.82) is 0 Å². The normalized spacial score (nSPS) is 15.1. The fraction of sp³-hybridized carbons (Fsp3) is 0.318. The Morgan fingerprint density at radius 3 is 2.87 bits per heavy atom. The molecule has 2 aromatic heterocycles. The lowest BCUT2D eigenvalue weighted by molar-refractivity contribution is 0.0762. The molecule has 8 heteroatoms. The van der Waals surface area contributed by atoms with Gasteiger partial charge in [0.1, 0.15) is 11.6 Å². The van der Waals surface area contributed by atoms with Crippen molar-refractivity contribution in [2.24, 2.45) is 7.05 Å². The molecular weight excluding hydrogens is 383 g/mol. The molecule has 0 aliphatic carbocycles. The third-order valence-electron chi connectivity index (χ3n) is 5.17. The molecule has 7 nitrogen and oxygen atoms in total. The van der Waals surface area contributed by atoms with Crippen LogP contribution in [0.4, 0.5) is 15.9 Å². The van der Waals surface area contributed by atoms with Gasteiger partial charge in [0.15, 0.2) is 0 Å². The maximum Gasteiger partial charge on any atom is 0.257 e. The summed E-state index contributed by atoms with van der Waals surface area (Å²) in [5, 5.41) is 7.30. The van der Waals surface area contributed by atoms with E-state index < -0.39 is 0 Å². The van der Waals surface area contributed by atoms with Gasteiger partial charge in [0, 0.05) is 63.4 Å². The first-order valence-electron chi connectivity index (χ1n) is 10.1. The minimum absolute atomic E-state index is 0.0646. The number of hydrogen-bond acceptors (Lipinski definition) is 5. The Labute approximate surface area is 175 Å². The largest absolute Gasteiger partial charge is 0.339 e. The lowest BCUT2D eigenvalue weighted by Gasteiger charge is -2.22. The summed E-state index contributed by atoms with van der Waals surface area (Å²) in [6, 6.07) is 9.63. The molecular formula is C22H25FN6O. The van der Waals surface area contributed by atoms with Gasteiger partial charge < -0.3 is 10.2 Å². The van der Waals surface area contributed by atoms with Crippen LogP contribution in [0.3, 0.4) is 0 Å². The Bertz CT molecular complexity index is 1020. The molecule has 1 N–H and O–H groups in total. The molecule has 1 amide bonds. The third kappa shape index (κ3) is 4.83. The number of pyridine rings is 1.